The summed E-state index contributed by atoms with van der Waals surface area (Å²) in [7, 11) is 0. The first kappa shape index (κ1) is 18.1. The fraction of sp³-hybridized carbons (Fsp3) is 0.0455. The van der Waals surface area contributed by atoms with Gasteiger partial charge in [0.25, 0.3) is 5.56 Å². The summed E-state index contributed by atoms with van der Waals surface area (Å²) in [5.41, 5.74) is 3.86. The molecule has 0 radical (unpaired) electrons. The molecule has 134 valence electrons. The van der Waals surface area contributed by atoms with Gasteiger partial charge >= 0.3 is 0 Å². The second-order valence-electron chi connectivity index (χ2n) is 6.30. The highest BCUT2D eigenvalue weighted by Gasteiger charge is 2.16. The number of aryl methyl sites for hydroxylation is 1. The van der Waals surface area contributed by atoms with Crippen molar-refractivity contribution in [2.45, 2.75) is 6.92 Å². The zero-order chi connectivity index (χ0) is 19.1. The number of rotatable bonds is 2. The molecule has 0 amide bonds. The lowest BCUT2D eigenvalue weighted by molar-refractivity contribution is 1.04. The molecule has 0 unspecified atom stereocenters. The Morgan fingerprint density at radius 3 is 2.11 bits per heavy atom. The number of para-hydroxylation sites is 1. The van der Waals surface area contributed by atoms with E-state index in [0.29, 0.717) is 20.8 Å². The van der Waals surface area contributed by atoms with Gasteiger partial charge in [0.05, 0.1) is 21.2 Å². The molecule has 0 aliphatic carbocycles. The molecule has 0 spiro atoms. The first-order chi connectivity index (χ1) is 13.0. The van der Waals surface area contributed by atoms with Crippen LogP contribution in [0.1, 0.15) is 5.56 Å². The van der Waals surface area contributed by atoms with Crippen molar-refractivity contribution in [1.82, 2.24) is 4.57 Å². The molecule has 0 aliphatic rings. The Labute approximate surface area is 171 Å². The number of nitrogens with zero attached hydrogens (tertiary/aromatic N) is 1. The van der Waals surface area contributed by atoms with Gasteiger partial charge in [0.1, 0.15) is 0 Å². The van der Waals surface area contributed by atoms with E-state index in [2.05, 4.69) is 6.07 Å². The van der Waals surface area contributed by atoms with Gasteiger partial charge in [-0.25, -0.2) is 0 Å². The third-order valence-corrected chi connectivity index (χ3v) is 5.42. The maximum absolute atomic E-state index is 12.8. The van der Waals surface area contributed by atoms with Crippen molar-refractivity contribution < 1.29 is 0 Å². The molecule has 27 heavy (non-hydrogen) atoms. The molecule has 0 aliphatic heterocycles. The van der Waals surface area contributed by atoms with E-state index in [4.69, 9.17) is 34.8 Å². The first-order valence-corrected chi connectivity index (χ1v) is 9.46. The summed E-state index contributed by atoms with van der Waals surface area (Å²) in [4.78, 5) is 12.8. The van der Waals surface area contributed by atoms with Gasteiger partial charge in [-0.2, -0.15) is 0 Å². The second kappa shape index (κ2) is 7.05. The van der Waals surface area contributed by atoms with Gasteiger partial charge in [-0.3, -0.25) is 9.36 Å². The number of hydrogen-bond acceptors (Lipinski definition) is 1. The minimum absolute atomic E-state index is 0.201. The molecule has 0 atom stereocenters. The van der Waals surface area contributed by atoms with Crippen LogP contribution in [0.5, 0.6) is 0 Å². The summed E-state index contributed by atoms with van der Waals surface area (Å²) >= 11 is 19.2. The van der Waals surface area contributed by atoms with E-state index in [0.717, 1.165) is 27.6 Å². The molecule has 1 aromatic heterocycles. The highest BCUT2D eigenvalue weighted by atomic mass is 35.5. The Kier molecular flexibility index (Phi) is 4.73. The van der Waals surface area contributed by atoms with Crippen LogP contribution < -0.4 is 5.56 Å². The molecule has 0 N–H and O–H groups in total. The topological polar surface area (TPSA) is 22.0 Å². The summed E-state index contributed by atoms with van der Waals surface area (Å²) < 4.78 is 1.56. The van der Waals surface area contributed by atoms with Crippen LogP contribution in [-0.4, -0.2) is 4.57 Å². The third-order valence-electron chi connectivity index (χ3n) is 4.48. The molecule has 5 heteroatoms. The van der Waals surface area contributed by atoms with Gasteiger partial charge in [0, 0.05) is 22.0 Å². The Morgan fingerprint density at radius 2 is 1.41 bits per heavy atom. The molecule has 0 saturated heterocycles. The van der Waals surface area contributed by atoms with E-state index in [1.165, 1.54) is 6.07 Å². The van der Waals surface area contributed by atoms with Crippen LogP contribution in [0.15, 0.2) is 71.5 Å². The van der Waals surface area contributed by atoms with E-state index in [9.17, 15) is 4.79 Å². The molecule has 0 saturated carbocycles. The lowest BCUT2D eigenvalue weighted by atomic mass is 9.98. The van der Waals surface area contributed by atoms with Crippen LogP contribution in [0.25, 0.3) is 27.7 Å². The van der Waals surface area contributed by atoms with E-state index in [1.54, 1.807) is 22.8 Å². The van der Waals surface area contributed by atoms with Crippen molar-refractivity contribution in [3.63, 3.8) is 0 Å². The van der Waals surface area contributed by atoms with Gasteiger partial charge in [-0.1, -0.05) is 65.1 Å². The van der Waals surface area contributed by atoms with Gasteiger partial charge in [0.2, 0.25) is 0 Å². The molecule has 2 nitrogen and oxygen atoms in total. The number of pyridine rings is 1. The van der Waals surface area contributed by atoms with Gasteiger partial charge in [0.15, 0.2) is 0 Å². The fourth-order valence-electron chi connectivity index (χ4n) is 3.32. The number of aromatic nitrogens is 1. The molecule has 4 rings (SSSR count). The summed E-state index contributed by atoms with van der Waals surface area (Å²) in [6.07, 6.45) is 0. The van der Waals surface area contributed by atoms with Gasteiger partial charge < -0.3 is 0 Å². The fourth-order valence-corrected chi connectivity index (χ4v) is 4.13. The van der Waals surface area contributed by atoms with E-state index in [1.807, 2.05) is 43.3 Å². The average Bonchev–Trinajstić information content (AvgIpc) is 2.63. The maximum Gasteiger partial charge on any atom is 0.255 e. The van der Waals surface area contributed by atoms with Crippen LogP contribution in [0.2, 0.25) is 15.1 Å². The smallest absolute Gasteiger partial charge is 0.255 e. The van der Waals surface area contributed by atoms with E-state index >= 15 is 0 Å². The predicted molar refractivity (Wildman–Crippen MR) is 115 cm³/mol. The van der Waals surface area contributed by atoms with Crippen LogP contribution in [0.4, 0.5) is 0 Å². The maximum atomic E-state index is 12.8. The molecule has 1 heterocycles. The molecule has 0 bridgehead atoms. The first-order valence-electron chi connectivity index (χ1n) is 8.33. The third kappa shape index (κ3) is 3.14. The monoisotopic (exact) mass is 413 g/mol. The molecular formula is C22H14Cl3NO. The molecule has 4 aromatic rings. The zero-order valence-corrected chi connectivity index (χ0v) is 16.6. The van der Waals surface area contributed by atoms with Crippen molar-refractivity contribution >= 4 is 45.7 Å². The Bertz CT molecular complexity index is 1220. The highest BCUT2D eigenvalue weighted by molar-refractivity contribution is 6.38. The Balaban J connectivity index is 2.16. The van der Waals surface area contributed by atoms with Crippen LogP contribution in [0, 0.1) is 6.92 Å². The van der Waals surface area contributed by atoms with Crippen LogP contribution in [0.3, 0.4) is 0 Å². The van der Waals surface area contributed by atoms with Crippen molar-refractivity contribution in [3.8, 4) is 16.8 Å². The quantitative estimate of drug-likeness (QED) is 0.349. The lowest BCUT2D eigenvalue weighted by Gasteiger charge is -2.17. The standard InChI is InChI=1S/C22H14Cl3NO/c1-13-11-16(14-5-2-3-6-17(14)23)15-9-10-21(27)26(20(15)12-13)22-18(24)7-4-8-19(22)25/h2-12H,1H3. The van der Waals surface area contributed by atoms with Crippen LogP contribution >= 0.6 is 34.8 Å². The van der Waals surface area contributed by atoms with Gasteiger partial charge in [-0.15, -0.1) is 0 Å². The SMILES string of the molecule is Cc1cc(-c2ccccc2Cl)c2ccc(=O)n(-c3c(Cl)cccc3Cl)c2c1. The van der Waals surface area contributed by atoms with Crippen molar-refractivity contribution in [2.24, 2.45) is 0 Å². The summed E-state index contributed by atoms with van der Waals surface area (Å²) in [5.74, 6) is 0. The minimum atomic E-state index is -0.201. The Hall–Kier alpha value is -2.26. The number of hydrogen-bond donors (Lipinski definition) is 0. The van der Waals surface area contributed by atoms with Crippen molar-refractivity contribution in [3.05, 3.63) is 97.7 Å². The normalized spacial score (nSPS) is 11.1. The van der Waals surface area contributed by atoms with Crippen LogP contribution in [-0.2, 0) is 0 Å². The molecule has 3 aromatic carbocycles. The molecule has 0 fully saturated rings. The predicted octanol–water partition coefficient (Wildman–Crippen LogP) is 6.93. The summed E-state index contributed by atoms with van der Waals surface area (Å²) in [6, 6.07) is 20.2. The average molecular weight is 415 g/mol. The minimum Gasteiger partial charge on any atom is -0.274 e. The Morgan fingerprint density at radius 1 is 0.741 bits per heavy atom. The number of benzene rings is 3. The molecular weight excluding hydrogens is 401 g/mol. The largest absolute Gasteiger partial charge is 0.274 e. The summed E-state index contributed by atoms with van der Waals surface area (Å²) in [5, 5.41) is 2.37. The van der Waals surface area contributed by atoms with Crippen molar-refractivity contribution in [2.75, 3.05) is 0 Å². The van der Waals surface area contributed by atoms with Crippen molar-refractivity contribution in [1.29, 1.82) is 0 Å². The second-order valence-corrected chi connectivity index (χ2v) is 7.52. The number of fused-ring (bicyclic) bond motifs is 1. The number of halogens is 3. The van der Waals surface area contributed by atoms with Gasteiger partial charge in [-0.05, 0) is 48.4 Å². The van der Waals surface area contributed by atoms with E-state index in [-0.39, 0.29) is 5.56 Å². The highest BCUT2D eigenvalue weighted by Crippen LogP contribution is 2.36. The zero-order valence-electron chi connectivity index (χ0n) is 14.3. The summed E-state index contributed by atoms with van der Waals surface area (Å²) in [6.45, 7) is 1.98. The van der Waals surface area contributed by atoms with E-state index < -0.39 is 0 Å². The lowest BCUT2D eigenvalue weighted by Crippen LogP contribution is -2.18.